The Morgan fingerprint density at radius 1 is 1.31 bits per heavy atom. The zero-order chi connectivity index (χ0) is 11.8. The zero-order valence-electron chi connectivity index (χ0n) is 10.1. The summed E-state index contributed by atoms with van der Waals surface area (Å²) in [4.78, 5) is 7.86. The lowest BCUT2D eigenvalue weighted by molar-refractivity contribution is 0.0111. The van der Waals surface area contributed by atoms with Crippen molar-refractivity contribution in [3.05, 3.63) is 21.7 Å². The summed E-state index contributed by atoms with van der Waals surface area (Å²) in [5.41, 5.74) is 2.09. The van der Waals surface area contributed by atoms with Crippen LogP contribution in [0.2, 0.25) is 0 Å². The molecule has 3 nitrogen and oxygen atoms in total. The minimum Gasteiger partial charge on any atom is -0.371 e. The lowest BCUT2D eigenvalue weighted by atomic mass is 9.97. The van der Waals surface area contributed by atoms with Gasteiger partial charge in [-0.1, -0.05) is 12.2 Å². The molecule has 1 aliphatic carbocycles. The number of H-pyrrole nitrogens is 1. The average Bonchev–Trinajstić information content (AvgIpc) is 2.29. The normalized spacial score (nSPS) is 15.9. The predicted octanol–water partition coefficient (Wildman–Crippen LogP) is 2.90. The van der Waals surface area contributed by atoms with Gasteiger partial charge in [0.1, 0.15) is 16.1 Å². The van der Waals surface area contributed by atoms with Crippen molar-refractivity contribution in [1.29, 1.82) is 0 Å². The van der Waals surface area contributed by atoms with Gasteiger partial charge in [-0.25, -0.2) is 4.98 Å². The van der Waals surface area contributed by atoms with Gasteiger partial charge in [-0.15, -0.1) is 0 Å². The van der Waals surface area contributed by atoms with Crippen LogP contribution in [-0.4, -0.2) is 17.1 Å². The Kier molecular flexibility index (Phi) is 3.13. The van der Waals surface area contributed by atoms with E-state index >= 15 is 0 Å². The highest BCUT2D eigenvalue weighted by molar-refractivity contribution is 7.71. The van der Waals surface area contributed by atoms with Gasteiger partial charge < -0.3 is 9.72 Å². The third-order valence-corrected chi connectivity index (χ3v) is 3.63. The highest BCUT2D eigenvalue weighted by Gasteiger charge is 2.24. The first kappa shape index (κ1) is 11.7. The first-order chi connectivity index (χ1) is 7.54. The molecule has 0 fully saturated rings. The molecular formula is C12H18N2OS. The molecule has 0 saturated heterocycles. The van der Waals surface area contributed by atoms with Crippen LogP contribution in [0.4, 0.5) is 0 Å². The smallest absolute Gasteiger partial charge is 0.139 e. The standard InChI is InChI=1S/C12H18N2OS/c1-12(2,15-3)11-13-9-7-5-4-6-8(9)10(16)14-11/h4-7H2,1-3H3,(H,13,14,16). The van der Waals surface area contributed by atoms with Gasteiger partial charge in [0.2, 0.25) is 0 Å². The molecular weight excluding hydrogens is 220 g/mol. The molecule has 4 heteroatoms. The Morgan fingerprint density at radius 3 is 2.69 bits per heavy atom. The fraction of sp³-hybridized carbons (Fsp3) is 0.667. The summed E-state index contributed by atoms with van der Waals surface area (Å²) in [6.07, 6.45) is 4.59. The third-order valence-electron chi connectivity index (χ3n) is 3.29. The number of hydrogen-bond donors (Lipinski definition) is 1. The molecule has 1 aromatic rings. The molecule has 1 N–H and O–H groups in total. The number of aryl methyl sites for hydroxylation is 1. The molecule has 88 valence electrons. The Bertz CT molecular complexity index is 451. The number of methoxy groups -OCH3 is 1. The first-order valence-corrected chi connectivity index (χ1v) is 6.13. The molecule has 2 rings (SSSR count). The summed E-state index contributed by atoms with van der Waals surface area (Å²) >= 11 is 5.36. The summed E-state index contributed by atoms with van der Waals surface area (Å²) < 4.78 is 6.17. The Hall–Kier alpha value is -0.740. The molecule has 0 spiro atoms. The second-order valence-electron chi connectivity index (χ2n) is 4.77. The van der Waals surface area contributed by atoms with E-state index in [2.05, 4.69) is 9.97 Å². The van der Waals surface area contributed by atoms with Gasteiger partial charge in [0.25, 0.3) is 0 Å². The maximum Gasteiger partial charge on any atom is 0.139 e. The largest absolute Gasteiger partial charge is 0.371 e. The fourth-order valence-corrected chi connectivity index (χ4v) is 2.32. The molecule has 0 radical (unpaired) electrons. The first-order valence-electron chi connectivity index (χ1n) is 5.72. The van der Waals surface area contributed by atoms with E-state index in [1.807, 2.05) is 13.8 Å². The summed E-state index contributed by atoms with van der Waals surface area (Å²) in [5, 5.41) is 0. The van der Waals surface area contributed by atoms with Crippen LogP contribution < -0.4 is 0 Å². The van der Waals surface area contributed by atoms with E-state index < -0.39 is 5.60 Å². The van der Waals surface area contributed by atoms with Gasteiger partial charge in [-0.2, -0.15) is 0 Å². The van der Waals surface area contributed by atoms with Crippen LogP contribution in [0.1, 0.15) is 43.8 Å². The second-order valence-corrected chi connectivity index (χ2v) is 5.16. The van der Waals surface area contributed by atoms with Crippen molar-refractivity contribution >= 4 is 12.2 Å². The van der Waals surface area contributed by atoms with Crippen molar-refractivity contribution in [1.82, 2.24) is 9.97 Å². The highest BCUT2D eigenvalue weighted by Crippen LogP contribution is 2.25. The van der Waals surface area contributed by atoms with E-state index in [0.717, 1.165) is 23.3 Å². The van der Waals surface area contributed by atoms with Crippen LogP contribution in [0.25, 0.3) is 0 Å². The van der Waals surface area contributed by atoms with Gasteiger partial charge in [-0.05, 0) is 39.5 Å². The predicted molar refractivity (Wildman–Crippen MR) is 66.1 cm³/mol. The van der Waals surface area contributed by atoms with Gasteiger partial charge >= 0.3 is 0 Å². The summed E-state index contributed by atoms with van der Waals surface area (Å²) in [6, 6.07) is 0. The van der Waals surface area contributed by atoms with E-state index in [1.54, 1.807) is 7.11 Å². The lowest BCUT2D eigenvalue weighted by Gasteiger charge is -2.24. The molecule has 0 aliphatic heterocycles. The van der Waals surface area contributed by atoms with Crippen LogP contribution in [0.3, 0.4) is 0 Å². The minimum absolute atomic E-state index is 0.403. The summed E-state index contributed by atoms with van der Waals surface area (Å²) in [6.45, 7) is 3.99. The number of fused-ring (bicyclic) bond motifs is 1. The molecule has 1 heterocycles. The minimum atomic E-state index is -0.403. The van der Waals surface area contributed by atoms with E-state index in [9.17, 15) is 0 Å². The van der Waals surface area contributed by atoms with Crippen molar-refractivity contribution in [3.63, 3.8) is 0 Å². The van der Waals surface area contributed by atoms with Crippen molar-refractivity contribution in [3.8, 4) is 0 Å². The molecule has 0 aromatic carbocycles. The summed E-state index contributed by atoms with van der Waals surface area (Å²) in [5.74, 6) is 0.834. The SMILES string of the molecule is COC(C)(C)c1nc(=S)c2c([nH]1)CCCC2. The Morgan fingerprint density at radius 2 is 2.00 bits per heavy atom. The number of nitrogens with one attached hydrogen (secondary N) is 1. The average molecular weight is 238 g/mol. The maximum atomic E-state index is 5.43. The van der Waals surface area contributed by atoms with E-state index in [-0.39, 0.29) is 0 Å². The van der Waals surface area contributed by atoms with Gasteiger partial charge in [-0.3, -0.25) is 0 Å². The van der Waals surface area contributed by atoms with Crippen LogP contribution in [0, 0.1) is 4.64 Å². The highest BCUT2D eigenvalue weighted by atomic mass is 32.1. The fourth-order valence-electron chi connectivity index (χ4n) is 2.00. The number of nitrogens with zero attached hydrogens (tertiary/aromatic N) is 1. The number of rotatable bonds is 2. The lowest BCUT2D eigenvalue weighted by Crippen LogP contribution is -2.25. The van der Waals surface area contributed by atoms with Crippen LogP contribution >= 0.6 is 12.2 Å². The molecule has 0 unspecified atom stereocenters. The molecule has 1 aromatic heterocycles. The Balaban J connectivity index is 2.51. The molecule has 0 saturated carbocycles. The third kappa shape index (κ3) is 2.04. The van der Waals surface area contributed by atoms with Crippen molar-refractivity contribution in [2.45, 2.75) is 45.1 Å². The topological polar surface area (TPSA) is 37.9 Å². The number of ether oxygens (including phenoxy) is 1. The zero-order valence-corrected chi connectivity index (χ0v) is 10.9. The monoisotopic (exact) mass is 238 g/mol. The number of aromatic amines is 1. The number of aromatic nitrogens is 2. The van der Waals surface area contributed by atoms with Crippen molar-refractivity contribution in [2.75, 3.05) is 7.11 Å². The summed E-state index contributed by atoms with van der Waals surface area (Å²) in [7, 11) is 1.69. The van der Waals surface area contributed by atoms with Gasteiger partial charge in [0.15, 0.2) is 0 Å². The van der Waals surface area contributed by atoms with Crippen LogP contribution in [0.15, 0.2) is 0 Å². The molecule has 16 heavy (non-hydrogen) atoms. The molecule has 0 atom stereocenters. The van der Waals surface area contributed by atoms with Crippen LogP contribution in [0.5, 0.6) is 0 Å². The van der Waals surface area contributed by atoms with Gasteiger partial charge in [0, 0.05) is 18.4 Å². The Labute approximate surface area is 101 Å². The van der Waals surface area contributed by atoms with Crippen LogP contribution in [-0.2, 0) is 23.2 Å². The van der Waals surface area contributed by atoms with E-state index in [4.69, 9.17) is 17.0 Å². The van der Waals surface area contributed by atoms with E-state index in [1.165, 1.54) is 24.1 Å². The van der Waals surface area contributed by atoms with Crippen molar-refractivity contribution in [2.24, 2.45) is 0 Å². The second kappa shape index (κ2) is 4.26. The molecule has 1 aliphatic rings. The van der Waals surface area contributed by atoms with Crippen molar-refractivity contribution < 1.29 is 4.74 Å². The van der Waals surface area contributed by atoms with E-state index in [0.29, 0.717) is 0 Å². The molecule has 0 bridgehead atoms. The van der Waals surface area contributed by atoms with Gasteiger partial charge in [0.05, 0.1) is 0 Å². The maximum absolute atomic E-state index is 5.43. The number of hydrogen-bond acceptors (Lipinski definition) is 3. The quantitative estimate of drug-likeness (QED) is 0.805. The molecule has 0 amide bonds.